The van der Waals surface area contributed by atoms with Gasteiger partial charge < -0.3 is 10.2 Å². The first-order valence-corrected chi connectivity index (χ1v) is 10.5. The molecule has 3 rings (SSSR count). The maximum absolute atomic E-state index is 11.5. The van der Waals surface area contributed by atoms with Gasteiger partial charge in [0.1, 0.15) is 5.69 Å². The van der Waals surface area contributed by atoms with Crippen molar-refractivity contribution in [2.24, 2.45) is 10.9 Å². The topological polar surface area (TPSA) is 57.6 Å². The van der Waals surface area contributed by atoms with Gasteiger partial charge in [-0.25, -0.2) is 0 Å². The van der Waals surface area contributed by atoms with Gasteiger partial charge in [0, 0.05) is 32.4 Å². The molecule has 5 heteroatoms. The number of aliphatic imine (C=N–C) groups is 1. The first-order valence-electron chi connectivity index (χ1n) is 10.5. The van der Waals surface area contributed by atoms with Crippen molar-refractivity contribution >= 4 is 17.8 Å². The standard InChI is InChI=1S/C17H20N4O.C6H14/c1-18-17(22)15-6-5-13(10-19-15)16-9-12-4-3-7-21(2)14(8-12)11-20-16;1-3-5-6-4-2/h5-6,8-12H,3-4,7H2,1-2H3,(H,18,22);3-6H2,1-2H3. The van der Waals surface area contributed by atoms with Crippen molar-refractivity contribution < 1.29 is 4.79 Å². The van der Waals surface area contributed by atoms with Gasteiger partial charge in [-0.3, -0.25) is 14.8 Å². The predicted octanol–water partition coefficient (Wildman–Crippen LogP) is 4.68. The van der Waals surface area contributed by atoms with Gasteiger partial charge in [0.05, 0.1) is 17.6 Å². The molecule has 5 nitrogen and oxygen atoms in total. The average molecular weight is 383 g/mol. The Morgan fingerprint density at radius 1 is 1.21 bits per heavy atom. The molecule has 152 valence electrons. The van der Waals surface area contributed by atoms with Crippen LogP contribution in [0.5, 0.6) is 0 Å². The number of nitrogens with zero attached hydrogens (tertiary/aromatic N) is 3. The Hall–Kier alpha value is -2.43. The molecule has 1 atom stereocenters. The highest BCUT2D eigenvalue weighted by Crippen LogP contribution is 2.27. The Bertz CT molecular complexity index is 715. The third-order valence-corrected chi connectivity index (χ3v) is 5.04. The van der Waals surface area contributed by atoms with E-state index in [2.05, 4.69) is 53.2 Å². The van der Waals surface area contributed by atoms with Crippen LogP contribution in [0.15, 0.2) is 41.2 Å². The molecule has 1 aromatic heterocycles. The number of carbonyl (C=O) groups is 1. The summed E-state index contributed by atoms with van der Waals surface area (Å²) in [6, 6.07) is 3.63. The second kappa shape index (κ2) is 11.4. The Morgan fingerprint density at radius 3 is 2.57 bits per heavy atom. The van der Waals surface area contributed by atoms with Crippen LogP contribution in [0.1, 0.15) is 68.4 Å². The Balaban J connectivity index is 0.000000409. The number of unbranched alkanes of at least 4 members (excludes halogenated alkanes) is 3. The lowest BCUT2D eigenvalue weighted by Gasteiger charge is -2.17. The number of amides is 1. The zero-order valence-corrected chi connectivity index (χ0v) is 17.7. The van der Waals surface area contributed by atoms with Crippen LogP contribution in [0.2, 0.25) is 0 Å². The molecule has 3 heterocycles. The van der Waals surface area contributed by atoms with Crippen LogP contribution in [0, 0.1) is 5.92 Å². The quantitative estimate of drug-likeness (QED) is 0.752. The van der Waals surface area contributed by atoms with Crippen molar-refractivity contribution in [3.05, 3.63) is 47.4 Å². The van der Waals surface area contributed by atoms with Crippen LogP contribution < -0.4 is 5.32 Å². The van der Waals surface area contributed by atoms with E-state index in [4.69, 9.17) is 0 Å². The summed E-state index contributed by atoms with van der Waals surface area (Å²) >= 11 is 0. The number of allylic oxidation sites excluding steroid dienone is 3. The molecule has 0 saturated heterocycles. The van der Waals surface area contributed by atoms with Gasteiger partial charge in [-0.15, -0.1) is 0 Å². The number of pyridine rings is 1. The summed E-state index contributed by atoms with van der Waals surface area (Å²) in [6.07, 6.45) is 15.9. The van der Waals surface area contributed by atoms with Gasteiger partial charge in [-0.05, 0) is 30.9 Å². The lowest BCUT2D eigenvalue weighted by atomic mass is 10.0. The van der Waals surface area contributed by atoms with Crippen LogP contribution in [0.3, 0.4) is 0 Å². The van der Waals surface area contributed by atoms with Crippen molar-refractivity contribution in [2.75, 3.05) is 20.6 Å². The van der Waals surface area contributed by atoms with Crippen molar-refractivity contribution in [3.63, 3.8) is 0 Å². The maximum atomic E-state index is 11.5. The average Bonchev–Trinajstić information content (AvgIpc) is 3.05. The van der Waals surface area contributed by atoms with Crippen LogP contribution in [-0.2, 0) is 0 Å². The molecule has 2 bridgehead atoms. The summed E-state index contributed by atoms with van der Waals surface area (Å²) in [6.45, 7) is 5.53. The number of aromatic nitrogens is 1. The summed E-state index contributed by atoms with van der Waals surface area (Å²) in [7, 11) is 3.70. The van der Waals surface area contributed by atoms with Crippen LogP contribution in [0.25, 0.3) is 5.70 Å². The second-order valence-corrected chi connectivity index (χ2v) is 7.35. The van der Waals surface area contributed by atoms with E-state index >= 15 is 0 Å². The molecule has 1 aromatic rings. The normalized spacial score (nSPS) is 18.1. The summed E-state index contributed by atoms with van der Waals surface area (Å²) in [5.74, 6) is 0.221. The number of rotatable bonds is 5. The highest BCUT2D eigenvalue weighted by molar-refractivity contribution is 5.92. The fraction of sp³-hybridized carbons (Fsp3) is 0.522. The zero-order valence-electron chi connectivity index (χ0n) is 17.7. The summed E-state index contributed by atoms with van der Waals surface area (Å²) in [4.78, 5) is 22.6. The molecule has 0 saturated carbocycles. The summed E-state index contributed by atoms with van der Waals surface area (Å²) in [5.41, 5.74) is 3.44. The number of hydrogen-bond acceptors (Lipinski definition) is 4. The largest absolute Gasteiger partial charge is 0.374 e. The first kappa shape index (κ1) is 21.9. The van der Waals surface area contributed by atoms with Crippen molar-refractivity contribution in [3.8, 4) is 0 Å². The van der Waals surface area contributed by atoms with Crippen molar-refractivity contribution in [2.45, 2.75) is 52.4 Å². The molecule has 0 spiro atoms. The van der Waals surface area contributed by atoms with E-state index in [9.17, 15) is 4.79 Å². The fourth-order valence-corrected chi connectivity index (χ4v) is 3.26. The SMILES string of the molecule is CCCCCC.CNC(=O)c1ccc(C2=CC3C=C(C=N2)N(C)CCC3)cn1. The molecule has 2 aliphatic heterocycles. The monoisotopic (exact) mass is 382 g/mol. The van der Waals surface area contributed by atoms with Crippen LogP contribution in [0.4, 0.5) is 0 Å². The van der Waals surface area contributed by atoms with E-state index in [-0.39, 0.29) is 5.91 Å². The van der Waals surface area contributed by atoms with E-state index in [1.807, 2.05) is 12.3 Å². The van der Waals surface area contributed by atoms with E-state index in [0.717, 1.165) is 24.2 Å². The minimum absolute atomic E-state index is 0.178. The number of fused-ring (bicyclic) bond motifs is 1. The molecule has 0 fully saturated rings. The van der Waals surface area contributed by atoms with Crippen LogP contribution in [-0.4, -0.2) is 42.6 Å². The molecule has 1 unspecified atom stereocenters. The van der Waals surface area contributed by atoms with E-state index in [0.29, 0.717) is 11.6 Å². The lowest BCUT2D eigenvalue weighted by Crippen LogP contribution is -2.19. The first-order chi connectivity index (χ1) is 13.6. The lowest BCUT2D eigenvalue weighted by molar-refractivity contribution is 0.0958. The predicted molar refractivity (Wildman–Crippen MR) is 117 cm³/mol. The molecular weight excluding hydrogens is 348 g/mol. The van der Waals surface area contributed by atoms with E-state index in [1.54, 1.807) is 19.3 Å². The summed E-state index contributed by atoms with van der Waals surface area (Å²) in [5, 5.41) is 2.57. The highest BCUT2D eigenvalue weighted by Gasteiger charge is 2.17. The van der Waals surface area contributed by atoms with Crippen molar-refractivity contribution in [1.82, 2.24) is 15.2 Å². The second-order valence-electron chi connectivity index (χ2n) is 7.35. The molecule has 0 aromatic carbocycles. The smallest absolute Gasteiger partial charge is 0.269 e. The minimum atomic E-state index is -0.178. The molecule has 28 heavy (non-hydrogen) atoms. The third kappa shape index (κ3) is 6.32. The Kier molecular flexibility index (Phi) is 8.92. The number of hydrogen-bond donors (Lipinski definition) is 1. The highest BCUT2D eigenvalue weighted by atomic mass is 16.1. The van der Waals surface area contributed by atoms with Gasteiger partial charge >= 0.3 is 0 Å². The molecule has 2 aliphatic rings. The third-order valence-electron chi connectivity index (χ3n) is 5.04. The van der Waals surface area contributed by atoms with Crippen molar-refractivity contribution in [1.29, 1.82) is 0 Å². The van der Waals surface area contributed by atoms with Gasteiger partial charge in [0.25, 0.3) is 5.91 Å². The molecule has 1 amide bonds. The molecule has 1 N–H and O–H groups in total. The van der Waals surface area contributed by atoms with Gasteiger partial charge in [0.2, 0.25) is 0 Å². The fourth-order valence-electron chi connectivity index (χ4n) is 3.26. The van der Waals surface area contributed by atoms with Gasteiger partial charge in [-0.2, -0.15) is 0 Å². The number of carbonyl (C=O) groups excluding carboxylic acids is 1. The maximum Gasteiger partial charge on any atom is 0.269 e. The Morgan fingerprint density at radius 2 is 1.96 bits per heavy atom. The minimum Gasteiger partial charge on any atom is -0.374 e. The number of nitrogens with one attached hydrogen (secondary N) is 1. The Labute approximate surface area is 169 Å². The molecule has 0 radical (unpaired) electrons. The molecular formula is C23H34N4O. The van der Waals surface area contributed by atoms with E-state index < -0.39 is 0 Å². The summed E-state index contributed by atoms with van der Waals surface area (Å²) < 4.78 is 0. The van der Waals surface area contributed by atoms with E-state index in [1.165, 1.54) is 37.8 Å². The molecule has 0 aliphatic carbocycles. The van der Waals surface area contributed by atoms with Gasteiger partial charge in [-0.1, -0.05) is 51.7 Å². The zero-order chi connectivity index (χ0) is 20.4. The van der Waals surface area contributed by atoms with Crippen LogP contribution >= 0.6 is 0 Å². The van der Waals surface area contributed by atoms with Gasteiger partial charge in [0.15, 0.2) is 0 Å².